The van der Waals surface area contributed by atoms with Gasteiger partial charge in [0.2, 0.25) is 0 Å². The van der Waals surface area contributed by atoms with Gasteiger partial charge >= 0.3 is 5.63 Å². The molecule has 1 unspecified atom stereocenters. The van der Waals surface area contributed by atoms with Gasteiger partial charge in [-0.05, 0) is 70.2 Å². The summed E-state index contributed by atoms with van der Waals surface area (Å²) in [7, 11) is 0. The summed E-state index contributed by atoms with van der Waals surface area (Å²) in [4.78, 5) is 27.4. The minimum Gasteiger partial charge on any atom is -0.427 e. The molecule has 6 heteroatoms. The van der Waals surface area contributed by atoms with Crippen LogP contribution in [-0.2, 0) is 0 Å². The molecular weight excluding hydrogens is 340 g/mol. The second-order valence-electron chi connectivity index (χ2n) is 7.07. The molecule has 25 heavy (non-hydrogen) atoms. The van der Waals surface area contributed by atoms with Gasteiger partial charge in [0, 0.05) is 18.5 Å². The van der Waals surface area contributed by atoms with Crippen molar-refractivity contribution in [3.63, 3.8) is 0 Å². The van der Waals surface area contributed by atoms with Gasteiger partial charge in [0.25, 0.3) is 5.91 Å². The molecule has 0 saturated carbocycles. The summed E-state index contributed by atoms with van der Waals surface area (Å²) in [5, 5.41) is 3.32. The molecule has 2 fully saturated rings. The van der Waals surface area contributed by atoms with Crippen LogP contribution >= 0.6 is 12.4 Å². The Labute approximate surface area is 155 Å². The number of aryl methyl sites for hydroxylation is 1. The summed E-state index contributed by atoms with van der Waals surface area (Å²) >= 11 is 0. The maximum absolute atomic E-state index is 13.0. The third-order valence-corrected chi connectivity index (χ3v) is 5.48. The number of carbonyl (C=O) groups excluding carboxylic acids is 1. The smallest absolute Gasteiger partial charge is 0.349 e. The van der Waals surface area contributed by atoms with E-state index in [1.165, 1.54) is 0 Å². The van der Waals surface area contributed by atoms with Gasteiger partial charge in [0.1, 0.15) is 11.3 Å². The Bertz CT molecular complexity index is 653. The lowest BCUT2D eigenvalue weighted by molar-refractivity contribution is 0.0602. The molecule has 1 atom stereocenters. The van der Waals surface area contributed by atoms with Crippen LogP contribution in [0, 0.1) is 6.92 Å². The summed E-state index contributed by atoms with van der Waals surface area (Å²) in [6.45, 7) is 6.60. The molecule has 1 aromatic heterocycles. The van der Waals surface area contributed by atoms with Crippen molar-refractivity contribution in [2.45, 2.75) is 64.3 Å². The van der Waals surface area contributed by atoms with E-state index in [1.807, 2.05) is 17.9 Å². The number of hydrogen-bond donors (Lipinski definition) is 1. The molecule has 2 aliphatic rings. The van der Waals surface area contributed by atoms with Gasteiger partial charge in [-0.3, -0.25) is 4.79 Å². The highest BCUT2D eigenvalue weighted by Crippen LogP contribution is 2.27. The minimum absolute atomic E-state index is 0. The first kappa shape index (κ1) is 20.0. The standard InChI is InChI=1S/C19H28N2O3.ClH/c1-3-15-6-4-5-11-21(15)18(22)17-13(2)12-16(24-19(17)23)14-7-9-20-10-8-14;/h12,14-15,20H,3-11H2,1-2H3;1H. The lowest BCUT2D eigenvalue weighted by Crippen LogP contribution is -2.45. The van der Waals surface area contributed by atoms with Gasteiger partial charge in [0.15, 0.2) is 0 Å². The van der Waals surface area contributed by atoms with Crippen molar-refractivity contribution >= 4 is 18.3 Å². The molecular formula is C19H29ClN2O3. The molecule has 1 N–H and O–H groups in total. The first-order chi connectivity index (χ1) is 11.6. The number of nitrogens with zero attached hydrogens (tertiary/aromatic N) is 1. The normalized spacial score (nSPS) is 21.7. The molecule has 0 radical (unpaired) electrons. The topological polar surface area (TPSA) is 62.6 Å². The number of amides is 1. The van der Waals surface area contributed by atoms with Crippen molar-refractivity contribution in [2.24, 2.45) is 0 Å². The van der Waals surface area contributed by atoms with Crippen LogP contribution in [0.1, 0.15) is 73.0 Å². The Hall–Kier alpha value is -1.33. The van der Waals surface area contributed by atoms with Gasteiger partial charge in [-0.15, -0.1) is 12.4 Å². The summed E-state index contributed by atoms with van der Waals surface area (Å²) < 4.78 is 5.58. The van der Waals surface area contributed by atoms with Gasteiger partial charge in [0.05, 0.1) is 0 Å². The van der Waals surface area contributed by atoms with Crippen LogP contribution in [0.15, 0.2) is 15.3 Å². The zero-order chi connectivity index (χ0) is 17.1. The van der Waals surface area contributed by atoms with Crippen LogP contribution in [-0.4, -0.2) is 36.5 Å². The largest absolute Gasteiger partial charge is 0.427 e. The van der Waals surface area contributed by atoms with E-state index in [0.717, 1.165) is 69.5 Å². The SMILES string of the molecule is CCC1CCCCN1C(=O)c1c(C)cc(C2CCNCC2)oc1=O.Cl. The third kappa shape index (κ3) is 4.26. The van der Waals surface area contributed by atoms with E-state index < -0.39 is 5.63 Å². The van der Waals surface area contributed by atoms with Crippen LogP contribution in [0.4, 0.5) is 0 Å². The molecule has 3 rings (SSSR count). The fraction of sp³-hybridized carbons (Fsp3) is 0.684. The first-order valence-corrected chi connectivity index (χ1v) is 9.28. The molecule has 2 aliphatic heterocycles. The van der Waals surface area contributed by atoms with Crippen LogP contribution in [0.3, 0.4) is 0 Å². The van der Waals surface area contributed by atoms with Crippen LogP contribution in [0.25, 0.3) is 0 Å². The highest BCUT2D eigenvalue weighted by Gasteiger charge is 2.30. The molecule has 2 saturated heterocycles. The molecule has 0 bridgehead atoms. The van der Waals surface area contributed by atoms with Crippen molar-refractivity contribution in [1.82, 2.24) is 10.2 Å². The highest BCUT2D eigenvalue weighted by atomic mass is 35.5. The first-order valence-electron chi connectivity index (χ1n) is 9.28. The van der Waals surface area contributed by atoms with E-state index in [-0.39, 0.29) is 35.8 Å². The Balaban J connectivity index is 0.00000225. The van der Waals surface area contributed by atoms with E-state index in [4.69, 9.17) is 4.42 Å². The van der Waals surface area contributed by atoms with Crippen LogP contribution in [0.2, 0.25) is 0 Å². The van der Waals surface area contributed by atoms with Gasteiger partial charge in [-0.2, -0.15) is 0 Å². The quantitative estimate of drug-likeness (QED) is 0.889. The molecule has 5 nitrogen and oxygen atoms in total. The summed E-state index contributed by atoms with van der Waals surface area (Å²) in [6, 6.07) is 2.16. The van der Waals surface area contributed by atoms with E-state index in [1.54, 1.807) is 0 Å². The van der Waals surface area contributed by atoms with Crippen molar-refractivity contribution in [2.75, 3.05) is 19.6 Å². The number of hydrogen-bond acceptors (Lipinski definition) is 4. The maximum Gasteiger partial charge on any atom is 0.349 e. The number of nitrogens with one attached hydrogen (secondary N) is 1. The van der Waals surface area contributed by atoms with Crippen molar-refractivity contribution in [3.8, 4) is 0 Å². The Morgan fingerprint density at radius 1 is 1.28 bits per heavy atom. The Kier molecular flexibility index (Phi) is 7.08. The van der Waals surface area contributed by atoms with E-state index in [0.29, 0.717) is 0 Å². The number of carbonyl (C=O) groups is 1. The summed E-state index contributed by atoms with van der Waals surface area (Å²) in [6.07, 6.45) is 6.08. The average Bonchev–Trinajstić information content (AvgIpc) is 2.61. The van der Waals surface area contributed by atoms with E-state index in [2.05, 4.69) is 12.2 Å². The number of rotatable bonds is 3. The van der Waals surface area contributed by atoms with Crippen molar-refractivity contribution in [1.29, 1.82) is 0 Å². The molecule has 0 aromatic carbocycles. The van der Waals surface area contributed by atoms with Crippen LogP contribution in [0.5, 0.6) is 0 Å². The number of likely N-dealkylation sites (tertiary alicyclic amines) is 1. The lowest BCUT2D eigenvalue weighted by atomic mass is 9.93. The van der Waals surface area contributed by atoms with Crippen LogP contribution < -0.4 is 10.9 Å². The predicted octanol–water partition coefficient (Wildman–Crippen LogP) is 3.24. The molecule has 1 amide bonds. The Morgan fingerprint density at radius 2 is 2.00 bits per heavy atom. The third-order valence-electron chi connectivity index (χ3n) is 5.48. The molecule has 3 heterocycles. The van der Waals surface area contributed by atoms with E-state index >= 15 is 0 Å². The monoisotopic (exact) mass is 368 g/mol. The predicted molar refractivity (Wildman–Crippen MR) is 101 cm³/mol. The Morgan fingerprint density at radius 3 is 2.64 bits per heavy atom. The van der Waals surface area contributed by atoms with Crippen molar-refractivity contribution in [3.05, 3.63) is 33.4 Å². The zero-order valence-electron chi connectivity index (χ0n) is 15.2. The van der Waals surface area contributed by atoms with Gasteiger partial charge in [-0.1, -0.05) is 6.92 Å². The highest BCUT2D eigenvalue weighted by molar-refractivity contribution is 5.95. The molecule has 140 valence electrons. The lowest BCUT2D eigenvalue weighted by Gasteiger charge is -2.35. The molecule has 0 spiro atoms. The van der Waals surface area contributed by atoms with Crippen molar-refractivity contribution < 1.29 is 9.21 Å². The summed E-state index contributed by atoms with van der Waals surface area (Å²) in [5.41, 5.74) is 0.521. The minimum atomic E-state index is -0.464. The average molecular weight is 369 g/mol. The zero-order valence-corrected chi connectivity index (χ0v) is 16.0. The number of piperidine rings is 2. The van der Waals surface area contributed by atoms with Gasteiger partial charge in [-0.25, -0.2) is 4.79 Å². The second kappa shape index (κ2) is 8.86. The molecule has 0 aliphatic carbocycles. The maximum atomic E-state index is 13.0. The molecule has 1 aromatic rings. The number of halogens is 1. The fourth-order valence-corrected chi connectivity index (χ4v) is 4.03. The fourth-order valence-electron chi connectivity index (χ4n) is 4.03. The summed E-state index contributed by atoms with van der Waals surface area (Å²) in [5.74, 6) is 0.867. The van der Waals surface area contributed by atoms with Gasteiger partial charge < -0.3 is 14.6 Å². The second-order valence-corrected chi connectivity index (χ2v) is 7.07. The van der Waals surface area contributed by atoms with E-state index in [9.17, 15) is 9.59 Å².